The van der Waals surface area contributed by atoms with Gasteiger partial charge >= 0.3 is 0 Å². The first-order valence-corrected chi connectivity index (χ1v) is 10.3. The molecule has 1 fully saturated rings. The molecule has 7 nitrogen and oxygen atoms in total. The standard InChI is InChI=1S/C22H25ClN4O3/c1-29-19-11-17-18(12-20(19)30-2)24-21(25-22(17)28)14-27-9-7-26(8-10-27)13-15-3-5-16(23)6-4-15/h3-6,11-12H,7-10,13-14H2,1-2H3,(H,24,25,28). The average molecular weight is 429 g/mol. The van der Waals surface area contributed by atoms with E-state index >= 15 is 0 Å². The van der Waals surface area contributed by atoms with Crippen LogP contribution in [0.2, 0.25) is 5.02 Å². The third-order valence-corrected chi connectivity index (χ3v) is 5.67. The third-order valence-electron chi connectivity index (χ3n) is 5.42. The summed E-state index contributed by atoms with van der Waals surface area (Å²) in [4.78, 5) is 24.9. The molecule has 2 aromatic carbocycles. The first-order chi connectivity index (χ1) is 14.6. The number of ether oxygens (including phenoxy) is 2. The van der Waals surface area contributed by atoms with Crippen LogP contribution in [-0.4, -0.2) is 60.2 Å². The Morgan fingerprint density at radius 1 is 0.967 bits per heavy atom. The minimum Gasteiger partial charge on any atom is -0.493 e. The van der Waals surface area contributed by atoms with Crippen molar-refractivity contribution in [3.8, 4) is 11.5 Å². The second-order valence-electron chi connectivity index (χ2n) is 7.42. The number of fused-ring (bicyclic) bond motifs is 1. The van der Waals surface area contributed by atoms with Gasteiger partial charge in [-0.15, -0.1) is 0 Å². The molecule has 3 aromatic rings. The molecule has 1 aliphatic heterocycles. The van der Waals surface area contributed by atoms with Crippen LogP contribution in [-0.2, 0) is 13.1 Å². The quantitative estimate of drug-likeness (QED) is 0.651. The van der Waals surface area contributed by atoms with E-state index in [9.17, 15) is 4.79 Å². The molecule has 1 aliphatic rings. The number of aromatic nitrogens is 2. The Hall–Kier alpha value is -2.61. The lowest BCUT2D eigenvalue weighted by atomic mass is 10.2. The Bertz CT molecular complexity index is 1080. The van der Waals surface area contributed by atoms with Crippen molar-refractivity contribution in [3.63, 3.8) is 0 Å². The molecular formula is C22H25ClN4O3. The maximum Gasteiger partial charge on any atom is 0.258 e. The number of hydrogen-bond acceptors (Lipinski definition) is 6. The van der Waals surface area contributed by atoms with Crippen molar-refractivity contribution in [1.29, 1.82) is 0 Å². The summed E-state index contributed by atoms with van der Waals surface area (Å²) in [5.41, 5.74) is 1.70. The van der Waals surface area contributed by atoms with E-state index in [1.165, 1.54) is 5.56 Å². The van der Waals surface area contributed by atoms with Crippen molar-refractivity contribution in [3.05, 3.63) is 63.2 Å². The van der Waals surface area contributed by atoms with Crippen LogP contribution in [0.15, 0.2) is 41.2 Å². The number of nitrogens with one attached hydrogen (secondary N) is 1. The molecule has 0 atom stereocenters. The van der Waals surface area contributed by atoms with Gasteiger partial charge in [-0.25, -0.2) is 4.98 Å². The minimum atomic E-state index is -0.169. The molecule has 0 radical (unpaired) electrons. The summed E-state index contributed by atoms with van der Waals surface area (Å²) in [5, 5.41) is 1.25. The Labute approximate surface area is 180 Å². The van der Waals surface area contributed by atoms with Gasteiger partial charge in [0.15, 0.2) is 11.5 Å². The Morgan fingerprint density at radius 2 is 1.57 bits per heavy atom. The van der Waals surface area contributed by atoms with Crippen LogP contribution >= 0.6 is 11.6 Å². The molecule has 4 rings (SSSR count). The lowest BCUT2D eigenvalue weighted by molar-refractivity contribution is 0.120. The highest BCUT2D eigenvalue weighted by molar-refractivity contribution is 6.30. The van der Waals surface area contributed by atoms with Gasteiger partial charge in [-0.2, -0.15) is 0 Å². The summed E-state index contributed by atoms with van der Waals surface area (Å²) in [7, 11) is 3.12. The second kappa shape index (κ2) is 9.04. The molecule has 158 valence electrons. The van der Waals surface area contributed by atoms with Crippen LogP contribution in [0.5, 0.6) is 11.5 Å². The van der Waals surface area contributed by atoms with E-state index in [0.717, 1.165) is 37.7 Å². The van der Waals surface area contributed by atoms with Crippen LogP contribution < -0.4 is 15.0 Å². The zero-order valence-corrected chi connectivity index (χ0v) is 17.9. The summed E-state index contributed by atoms with van der Waals surface area (Å²) in [6.45, 7) is 5.28. The highest BCUT2D eigenvalue weighted by Crippen LogP contribution is 2.30. The number of methoxy groups -OCH3 is 2. The van der Waals surface area contributed by atoms with E-state index < -0.39 is 0 Å². The summed E-state index contributed by atoms with van der Waals surface area (Å²) < 4.78 is 10.6. The summed E-state index contributed by atoms with van der Waals surface area (Å²) in [6, 6.07) is 11.4. The molecule has 0 amide bonds. The van der Waals surface area contributed by atoms with Gasteiger partial charge in [0.25, 0.3) is 5.56 Å². The Morgan fingerprint density at radius 3 is 2.20 bits per heavy atom. The van der Waals surface area contributed by atoms with E-state index in [4.69, 9.17) is 21.1 Å². The van der Waals surface area contributed by atoms with Crippen LogP contribution in [0.1, 0.15) is 11.4 Å². The topological polar surface area (TPSA) is 70.7 Å². The average Bonchev–Trinajstić information content (AvgIpc) is 2.76. The van der Waals surface area contributed by atoms with Crippen molar-refractivity contribution in [2.45, 2.75) is 13.1 Å². The maximum absolute atomic E-state index is 12.6. The maximum atomic E-state index is 12.6. The number of benzene rings is 2. The number of rotatable bonds is 6. The van der Waals surface area contributed by atoms with Gasteiger partial charge in [-0.05, 0) is 23.8 Å². The zero-order valence-electron chi connectivity index (χ0n) is 17.2. The number of hydrogen-bond donors (Lipinski definition) is 1. The third kappa shape index (κ3) is 4.59. The number of piperazine rings is 1. The summed E-state index contributed by atoms with van der Waals surface area (Å²) in [6.07, 6.45) is 0. The van der Waals surface area contributed by atoms with Gasteiger partial charge in [0.05, 0.1) is 31.7 Å². The molecule has 0 unspecified atom stereocenters. The molecule has 0 bridgehead atoms. The van der Waals surface area contributed by atoms with Crippen molar-refractivity contribution < 1.29 is 9.47 Å². The van der Waals surface area contributed by atoms with Crippen LogP contribution in [0.3, 0.4) is 0 Å². The number of halogens is 1. The molecule has 0 spiro atoms. The summed E-state index contributed by atoms with van der Waals surface area (Å²) >= 11 is 5.97. The van der Waals surface area contributed by atoms with Crippen LogP contribution in [0, 0.1) is 0 Å². The Balaban J connectivity index is 1.42. The van der Waals surface area contributed by atoms with E-state index in [0.29, 0.717) is 34.8 Å². The van der Waals surface area contributed by atoms with E-state index in [1.54, 1.807) is 26.4 Å². The van der Waals surface area contributed by atoms with Gasteiger partial charge in [-0.3, -0.25) is 14.6 Å². The largest absolute Gasteiger partial charge is 0.493 e. The van der Waals surface area contributed by atoms with Gasteiger partial charge < -0.3 is 14.5 Å². The van der Waals surface area contributed by atoms with Crippen LogP contribution in [0.25, 0.3) is 10.9 Å². The molecule has 1 aromatic heterocycles. The van der Waals surface area contributed by atoms with E-state index in [1.807, 2.05) is 12.1 Å². The smallest absolute Gasteiger partial charge is 0.258 e. The SMILES string of the molecule is COc1cc2nc(CN3CCN(Cc4ccc(Cl)cc4)CC3)[nH]c(=O)c2cc1OC. The van der Waals surface area contributed by atoms with Crippen molar-refractivity contribution in [2.75, 3.05) is 40.4 Å². The second-order valence-corrected chi connectivity index (χ2v) is 7.85. The number of aromatic amines is 1. The fraction of sp³-hybridized carbons (Fsp3) is 0.364. The van der Waals surface area contributed by atoms with Crippen molar-refractivity contribution >= 4 is 22.5 Å². The molecule has 8 heteroatoms. The lowest BCUT2D eigenvalue weighted by Gasteiger charge is -2.34. The highest BCUT2D eigenvalue weighted by Gasteiger charge is 2.19. The number of nitrogens with zero attached hydrogens (tertiary/aromatic N) is 3. The molecule has 2 heterocycles. The predicted molar refractivity (Wildman–Crippen MR) is 117 cm³/mol. The molecule has 0 saturated carbocycles. The van der Waals surface area contributed by atoms with Gasteiger partial charge in [0.2, 0.25) is 0 Å². The molecular weight excluding hydrogens is 404 g/mol. The first kappa shape index (κ1) is 20.7. The van der Waals surface area contributed by atoms with Crippen molar-refractivity contribution in [2.24, 2.45) is 0 Å². The monoisotopic (exact) mass is 428 g/mol. The van der Waals surface area contributed by atoms with Gasteiger partial charge in [-0.1, -0.05) is 23.7 Å². The fourth-order valence-electron chi connectivity index (χ4n) is 3.75. The Kier molecular flexibility index (Phi) is 6.22. The fourth-order valence-corrected chi connectivity index (χ4v) is 3.88. The van der Waals surface area contributed by atoms with Gasteiger partial charge in [0, 0.05) is 43.8 Å². The molecule has 0 aliphatic carbocycles. The highest BCUT2D eigenvalue weighted by atomic mass is 35.5. The van der Waals surface area contributed by atoms with Crippen molar-refractivity contribution in [1.82, 2.24) is 19.8 Å². The van der Waals surface area contributed by atoms with Gasteiger partial charge in [0.1, 0.15) is 5.82 Å². The molecule has 1 N–H and O–H groups in total. The zero-order chi connectivity index (χ0) is 21.1. The first-order valence-electron chi connectivity index (χ1n) is 9.90. The van der Waals surface area contributed by atoms with Crippen LogP contribution in [0.4, 0.5) is 0 Å². The normalized spacial score (nSPS) is 15.4. The molecule has 1 saturated heterocycles. The van der Waals surface area contributed by atoms with E-state index in [-0.39, 0.29) is 5.56 Å². The number of H-pyrrole nitrogens is 1. The van der Waals surface area contributed by atoms with E-state index in [2.05, 4.69) is 31.9 Å². The predicted octanol–water partition coefficient (Wildman–Crippen LogP) is 2.91. The minimum absolute atomic E-state index is 0.169. The summed E-state index contributed by atoms with van der Waals surface area (Å²) in [5.74, 6) is 1.73. The molecule has 30 heavy (non-hydrogen) atoms. The lowest BCUT2D eigenvalue weighted by Crippen LogP contribution is -2.45.